The molecular formula is C12H11BrN2OS. The molecule has 5 heteroatoms. The first-order chi connectivity index (χ1) is 8.06. The predicted octanol–water partition coefficient (Wildman–Crippen LogP) is 3.77. The summed E-state index contributed by atoms with van der Waals surface area (Å²) in [6, 6.07) is 7.51. The standard InChI is InChI=1S/C12H11BrN2OS/c1-7-11(17-8(2)14-7)12(16)15-10-5-3-4-9(13)6-10/h3-6H,1-2H3,(H,15,16). The summed E-state index contributed by atoms with van der Waals surface area (Å²) in [5, 5.41) is 3.76. The third kappa shape index (κ3) is 2.92. The zero-order valence-electron chi connectivity index (χ0n) is 9.45. The van der Waals surface area contributed by atoms with Gasteiger partial charge < -0.3 is 5.32 Å². The van der Waals surface area contributed by atoms with Crippen LogP contribution in [0.5, 0.6) is 0 Å². The van der Waals surface area contributed by atoms with Crippen LogP contribution in [0.4, 0.5) is 5.69 Å². The quantitative estimate of drug-likeness (QED) is 0.917. The van der Waals surface area contributed by atoms with Crippen LogP contribution in [0.25, 0.3) is 0 Å². The lowest BCUT2D eigenvalue weighted by molar-refractivity contribution is 0.103. The van der Waals surface area contributed by atoms with Crippen molar-refractivity contribution in [3.63, 3.8) is 0 Å². The lowest BCUT2D eigenvalue weighted by atomic mass is 10.3. The van der Waals surface area contributed by atoms with Crippen molar-refractivity contribution in [2.45, 2.75) is 13.8 Å². The molecule has 0 unspecified atom stereocenters. The van der Waals surface area contributed by atoms with E-state index in [9.17, 15) is 4.79 Å². The molecule has 0 saturated heterocycles. The zero-order valence-corrected chi connectivity index (χ0v) is 11.9. The second-order valence-electron chi connectivity index (χ2n) is 3.61. The Morgan fingerprint density at radius 2 is 2.18 bits per heavy atom. The Balaban J connectivity index is 2.20. The molecule has 0 aliphatic carbocycles. The Labute approximate surface area is 112 Å². The Morgan fingerprint density at radius 1 is 1.41 bits per heavy atom. The summed E-state index contributed by atoms with van der Waals surface area (Å²) in [5.74, 6) is -0.105. The number of hydrogen-bond donors (Lipinski definition) is 1. The lowest BCUT2D eigenvalue weighted by Gasteiger charge is -2.04. The second kappa shape index (κ2) is 4.98. The fourth-order valence-electron chi connectivity index (χ4n) is 1.50. The summed E-state index contributed by atoms with van der Waals surface area (Å²) in [6.07, 6.45) is 0. The number of thiazole rings is 1. The van der Waals surface area contributed by atoms with E-state index >= 15 is 0 Å². The van der Waals surface area contributed by atoms with Crippen molar-refractivity contribution >= 4 is 38.9 Å². The van der Waals surface area contributed by atoms with Gasteiger partial charge in [-0.15, -0.1) is 11.3 Å². The van der Waals surface area contributed by atoms with Gasteiger partial charge in [0, 0.05) is 10.2 Å². The molecule has 3 nitrogen and oxygen atoms in total. The number of hydrogen-bond acceptors (Lipinski definition) is 3. The number of carbonyl (C=O) groups excluding carboxylic acids is 1. The molecule has 1 amide bonds. The highest BCUT2D eigenvalue weighted by molar-refractivity contribution is 9.10. The van der Waals surface area contributed by atoms with Crippen molar-refractivity contribution in [3.8, 4) is 0 Å². The Hall–Kier alpha value is -1.20. The van der Waals surface area contributed by atoms with E-state index in [-0.39, 0.29) is 5.91 Å². The minimum absolute atomic E-state index is 0.105. The summed E-state index contributed by atoms with van der Waals surface area (Å²) in [4.78, 5) is 16.9. The van der Waals surface area contributed by atoms with Crippen LogP contribution in [-0.4, -0.2) is 10.9 Å². The Kier molecular flexibility index (Phi) is 3.59. The van der Waals surface area contributed by atoms with Crippen molar-refractivity contribution in [1.82, 2.24) is 4.98 Å². The van der Waals surface area contributed by atoms with Gasteiger partial charge >= 0.3 is 0 Å². The van der Waals surface area contributed by atoms with Crippen LogP contribution in [0.1, 0.15) is 20.4 Å². The minimum Gasteiger partial charge on any atom is -0.321 e. The molecule has 1 aromatic heterocycles. The molecule has 0 bridgehead atoms. The largest absolute Gasteiger partial charge is 0.321 e. The van der Waals surface area contributed by atoms with Crippen LogP contribution < -0.4 is 5.32 Å². The number of aromatic nitrogens is 1. The fraction of sp³-hybridized carbons (Fsp3) is 0.167. The van der Waals surface area contributed by atoms with Crippen LogP contribution in [0.2, 0.25) is 0 Å². The number of nitrogens with zero attached hydrogens (tertiary/aromatic N) is 1. The van der Waals surface area contributed by atoms with Gasteiger partial charge in [0.2, 0.25) is 0 Å². The molecule has 0 saturated carbocycles. The third-order valence-electron chi connectivity index (χ3n) is 2.19. The summed E-state index contributed by atoms with van der Waals surface area (Å²) in [5.41, 5.74) is 1.55. The van der Waals surface area contributed by atoms with E-state index in [1.807, 2.05) is 38.1 Å². The van der Waals surface area contributed by atoms with Gasteiger partial charge in [0.15, 0.2) is 0 Å². The predicted molar refractivity (Wildman–Crippen MR) is 73.7 cm³/mol. The number of amides is 1. The average molecular weight is 311 g/mol. The van der Waals surface area contributed by atoms with Gasteiger partial charge in [-0.3, -0.25) is 4.79 Å². The van der Waals surface area contributed by atoms with E-state index < -0.39 is 0 Å². The van der Waals surface area contributed by atoms with E-state index in [1.54, 1.807) is 0 Å². The molecule has 88 valence electrons. The first-order valence-corrected chi connectivity index (χ1v) is 6.68. The number of nitrogens with one attached hydrogen (secondary N) is 1. The Bertz CT molecular complexity index is 565. The first-order valence-electron chi connectivity index (χ1n) is 5.07. The number of aryl methyl sites for hydroxylation is 2. The normalized spacial score (nSPS) is 10.3. The summed E-state index contributed by atoms with van der Waals surface area (Å²) in [7, 11) is 0. The van der Waals surface area contributed by atoms with Gasteiger partial charge in [0.1, 0.15) is 4.88 Å². The van der Waals surface area contributed by atoms with Crippen molar-refractivity contribution in [3.05, 3.63) is 44.3 Å². The van der Waals surface area contributed by atoms with Crippen molar-refractivity contribution < 1.29 is 4.79 Å². The average Bonchev–Trinajstić information content (AvgIpc) is 2.58. The second-order valence-corrected chi connectivity index (χ2v) is 5.73. The zero-order chi connectivity index (χ0) is 12.4. The maximum atomic E-state index is 12.0. The molecule has 1 heterocycles. The van der Waals surface area contributed by atoms with E-state index in [4.69, 9.17) is 0 Å². The van der Waals surface area contributed by atoms with Crippen LogP contribution in [0, 0.1) is 13.8 Å². The minimum atomic E-state index is -0.105. The van der Waals surface area contributed by atoms with E-state index in [0.717, 1.165) is 20.9 Å². The van der Waals surface area contributed by atoms with Gasteiger partial charge in [0.05, 0.1) is 10.7 Å². The molecule has 0 radical (unpaired) electrons. The van der Waals surface area contributed by atoms with Crippen LogP contribution >= 0.6 is 27.3 Å². The van der Waals surface area contributed by atoms with Crippen LogP contribution in [0.3, 0.4) is 0 Å². The first kappa shape index (κ1) is 12.3. The summed E-state index contributed by atoms with van der Waals surface area (Å²) in [6.45, 7) is 3.74. The van der Waals surface area contributed by atoms with Gasteiger partial charge in [-0.1, -0.05) is 22.0 Å². The highest BCUT2D eigenvalue weighted by atomic mass is 79.9. The van der Waals surface area contributed by atoms with E-state index in [0.29, 0.717) is 4.88 Å². The number of halogens is 1. The fourth-order valence-corrected chi connectivity index (χ4v) is 2.71. The van der Waals surface area contributed by atoms with Gasteiger partial charge in [-0.05, 0) is 32.0 Å². The summed E-state index contributed by atoms with van der Waals surface area (Å²) < 4.78 is 0.938. The Morgan fingerprint density at radius 3 is 2.76 bits per heavy atom. The third-order valence-corrected chi connectivity index (χ3v) is 3.76. The van der Waals surface area contributed by atoms with Crippen LogP contribution in [-0.2, 0) is 0 Å². The molecule has 1 aromatic carbocycles. The van der Waals surface area contributed by atoms with Gasteiger partial charge in [-0.2, -0.15) is 0 Å². The molecule has 0 fully saturated rings. The molecule has 0 aliphatic heterocycles. The summed E-state index contributed by atoms with van der Waals surface area (Å²) >= 11 is 4.78. The maximum absolute atomic E-state index is 12.0. The number of anilines is 1. The number of rotatable bonds is 2. The molecule has 0 spiro atoms. The smallest absolute Gasteiger partial charge is 0.267 e. The van der Waals surface area contributed by atoms with E-state index in [1.165, 1.54) is 11.3 Å². The molecule has 2 aromatic rings. The molecule has 1 N–H and O–H groups in total. The van der Waals surface area contributed by atoms with E-state index in [2.05, 4.69) is 26.2 Å². The van der Waals surface area contributed by atoms with Crippen molar-refractivity contribution in [2.75, 3.05) is 5.32 Å². The molecular weight excluding hydrogens is 300 g/mol. The van der Waals surface area contributed by atoms with Crippen molar-refractivity contribution in [2.24, 2.45) is 0 Å². The monoisotopic (exact) mass is 310 g/mol. The van der Waals surface area contributed by atoms with Crippen molar-refractivity contribution in [1.29, 1.82) is 0 Å². The van der Waals surface area contributed by atoms with Gasteiger partial charge in [-0.25, -0.2) is 4.98 Å². The SMILES string of the molecule is Cc1nc(C)c(C(=O)Nc2cccc(Br)c2)s1. The highest BCUT2D eigenvalue weighted by Crippen LogP contribution is 2.20. The molecule has 2 rings (SSSR count). The van der Waals surface area contributed by atoms with Crippen LogP contribution in [0.15, 0.2) is 28.7 Å². The van der Waals surface area contributed by atoms with Gasteiger partial charge in [0.25, 0.3) is 5.91 Å². The topological polar surface area (TPSA) is 42.0 Å². The highest BCUT2D eigenvalue weighted by Gasteiger charge is 2.13. The number of carbonyl (C=O) groups is 1. The maximum Gasteiger partial charge on any atom is 0.267 e. The number of benzene rings is 1. The molecule has 0 atom stereocenters. The molecule has 0 aliphatic rings. The lowest BCUT2D eigenvalue weighted by Crippen LogP contribution is -2.11. The molecule has 17 heavy (non-hydrogen) atoms.